The van der Waals surface area contributed by atoms with E-state index in [4.69, 9.17) is 9.47 Å². The number of hydrogen-bond acceptors (Lipinski definition) is 8. The highest BCUT2D eigenvalue weighted by molar-refractivity contribution is 7.97. The number of ether oxygens (including phenoxy) is 2. The van der Waals surface area contributed by atoms with Crippen molar-refractivity contribution in [3.8, 4) is 17.2 Å². The van der Waals surface area contributed by atoms with Gasteiger partial charge >= 0.3 is 6.03 Å². The van der Waals surface area contributed by atoms with Crippen LogP contribution in [-0.2, 0) is 4.79 Å². The molecule has 3 aromatic rings. The van der Waals surface area contributed by atoms with Gasteiger partial charge in [0.15, 0.2) is 0 Å². The van der Waals surface area contributed by atoms with Gasteiger partial charge in [-0.3, -0.25) is 30.1 Å². The summed E-state index contributed by atoms with van der Waals surface area (Å²) in [6.45, 7) is 5.44. The Balaban J connectivity index is 1.69. The van der Waals surface area contributed by atoms with Crippen LogP contribution in [0.2, 0.25) is 0 Å². The predicted octanol–water partition coefficient (Wildman–Crippen LogP) is 3.49. The van der Waals surface area contributed by atoms with Crippen molar-refractivity contribution in [3.63, 3.8) is 0 Å². The Bertz CT molecular complexity index is 1200. The number of urea groups is 1. The van der Waals surface area contributed by atoms with E-state index >= 15 is 0 Å². The van der Waals surface area contributed by atoms with Gasteiger partial charge in [0.2, 0.25) is 11.0 Å². The van der Waals surface area contributed by atoms with Crippen LogP contribution < -0.4 is 20.1 Å². The third kappa shape index (κ3) is 6.21. The largest absolute Gasteiger partial charge is 0.496 e. The van der Waals surface area contributed by atoms with Crippen LogP contribution in [0.1, 0.15) is 24.2 Å². The molecule has 34 heavy (non-hydrogen) atoms. The number of hydrogen-bond donors (Lipinski definition) is 3. The van der Waals surface area contributed by atoms with Gasteiger partial charge in [-0.15, -0.1) is 12.6 Å². The number of carbonyl (C=O) groups is 3. The van der Waals surface area contributed by atoms with E-state index < -0.39 is 17.1 Å². The summed E-state index contributed by atoms with van der Waals surface area (Å²) in [5, 5.41) is 4.99. The van der Waals surface area contributed by atoms with Gasteiger partial charge in [-0.1, -0.05) is 13.8 Å². The van der Waals surface area contributed by atoms with E-state index in [1.54, 1.807) is 36.5 Å². The van der Waals surface area contributed by atoms with Gasteiger partial charge in [-0.05, 0) is 43.4 Å². The first-order valence-corrected chi connectivity index (χ1v) is 11.0. The Hall–Kier alpha value is -3.70. The molecular formula is C23H25N5O5S. The van der Waals surface area contributed by atoms with Crippen molar-refractivity contribution in [2.24, 2.45) is 0 Å². The number of imide groups is 1. The number of likely N-dealkylation sites (N-methyl/N-ethyl adjacent to an activating group) is 1. The molecule has 0 aliphatic rings. The Morgan fingerprint density at radius 3 is 2.44 bits per heavy atom. The molecule has 0 saturated heterocycles. The summed E-state index contributed by atoms with van der Waals surface area (Å²) in [5.41, 5.74) is 0.835. The molecule has 2 N–H and O–H groups in total. The summed E-state index contributed by atoms with van der Waals surface area (Å²) in [5.74, 6) is 1.08. The van der Waals surface area contributed by atoms with E-state index in [2.05, 4.69) is 33.2 Å². The molecule has 3 amide bonds. The number of nitrogens with zero attached hydrogens (tertiary/aromatic N) is 3. The lowest BCUT2D eigenvalue weighted by Crippen LogP contribution is -2.41. The molecule has 0 aliphatic carbocycles. The van der Waals surface area contributed by atoms with Gasteiger partial charge < -0.3 is 9.47 Å². The highest BCUT2D eigenvalue weighted by Crippen LogP contribution is 2.34. The Morgan fingerprint density at radius 2 is 1.82 bits per heavy atom. The number of carbonyl (C=O) groups excluding carboxylic acids is 3. The fraction of sp³-hybridized carbons (Fsp3) is 0.261. The molecule has 0 spiro atoms. The number of thiol groups is 1. The molecule has 2 aromatic heterocycles. The van der Waals surface area contributed by atoms with Crippen molar-refractivity contribution in [3.05, 3.63) is 48.3 Å². The van der Waals surface area contributed by atoms with Crippen LogP contribution in [0.5, 0.6) is 17.2 Å². The van der Waals surface area contributed by atoms with Crippen molar-refractivity contribution < 1.29 is 23.9 Å². The van der Waals surface area contributed by atoms with Gasteiger partial charge in [-0.25, -0.2) is 9.78 Å². The number of pyridine rings is 2. The summed E-state index contributed by atoms with van der Waals surface area (Å²) in [7, 11) is 1.46. The van der Waals surface area contributed by atoms with Crippen LogP contribution in [0, 0.1) is 0 Å². The van der Waals surface area contributed by atoms with Crippen LogP contribution in [0.25, 0.3) is 10.9 Å². The lowest BCUT2D eigenvalue weighted by molar-refractivity contribution is -0.121. The van der Waals surface area contributed by atoms with E-state index in [9.17, 15) is 14.4 Å². The number of aromatic nitrogens is 2. The second kappa shape index (κ2) is 11.4. The third-order valence-electron chi connectivity index (χ3n) is 4.97. The van der Waals surface area contributed by atoms with Crippen molar-refractivity contribution in [2.75, 3.05) is 32.1 Å². The molecular weight excluding hydrogens is 458 g/mol. The van der Waals surface area contributed by atoms with E-state index in [1.807, 2.05) is 18.7 Å². The Labute approximate surface area is 202 Å². The van der Waals surface area contributed by atoms with Crippen LogP contribution in [0.3, 0.4) is 0 Å². The zero-order chi connectivity index (χ0) is 24.7. The molecule has 3 rings (SSSR count). The summed E-state index contributed by atoms with van der Waals surface area (Å²) in [6, 6.07) is 7.41. The normalized spacial score (nSPS) is 10.7. The molecule has 178 valence electrons. The summed E-state index contributed by atoms with van der Waals surface area (Å²) in [4.78, 5) is 46.1. The third-order valence-corrected chi connectivity index (χ3v) is 5.21. The van der Waals surface area contributed by atoms with Gasteiger partial charge in [0.05, 0.1) is 30.9 Å². The topological polar surface area (TPSA) is 123 Å². The van der Waals surface area contributed by atoms with Gasteiger partial charge in [-0.2, -0.15) is 0 Å². The smallest absolute Gasteiger partial charge is 0.327 e. The van der Waals surface area contributed by atoms with E-state index in [-0.39, 0.29) is 12.4 Å². The van der Waals surface area contributed by atoms with Crippen molar-refractivity contribution in [2.45, 2.75) is 13.8 Å². The Morgan fingerprint density at radius 1 is 1.06 bits per heavy atom. The standard InChI is InChI=1S/C23H25N5O5S/c1-4-28(5-2)13-21(29)27-23(31)26-20-7-6-14(12-25-20)33-18-8-9-24-17-10-16(22(30)34)19(32-3)11-15(17)18/h6-12H,4-5,13H2,1-3H3,(H,30,34)(H2,25,26,27,29,31). The molecule has 0 bridgehead atoms. The lowest BCUT2D eigenvalue weighted by atomic mass is 10.1. The molecule has 1 aromatic carbocycles. The molecule has 0 atom stereocenters. The monoisotopic (exact) mass is 483 g/mol. The molecule has 0 aliphatic heterocycles. The maximum Gasteiger partial charge on any atom is 0.327 e. The minimum absolute atomic E-state index is 0.134. The van der Waals surface area contributed by atoms with Crippen molar-refractivity contribution in [1.82, 2.24) is 20.2 Å². The Kier molecular flexibility index (Phi) is 8.39. The first-order valence-electron chi connectivity index (χ1n) is 10.5. The van der Waals surface area contributed by atoms with Gasteiger partial charge in [0.25, 0.3) is 0 Å². The minimum Gasteiger partial charge on any atom is -0.496 e. The maximum atomic E-state index is 12.1. The van der Waals surface area contributed by atoms with Gasteiger partial charge in [0, 0.05) is 11.6 Å². The number of benzene rings is 1. The van der Waals surface area contributed by atoms with Crippen LogP contribution in [-0.4, -0.2) is 58.7 Å². The predicted molar refractivity (Wildman–Crippen MR) is 131 cm³/mol. The second-order valence-electron chi connectivity index (χ2n) is 7.13. The molecule has 0 fully saturated rings. The van der Waals surface area contributed by atoms with E-state index in [1.165, 1.54) is 13.3 Å². The number of nitrogens with one attached hydrogen (secondary N) is 2. The fourth-order valence-corrected chi connectivity index (χ4v) is 3.35. The second-order valence-corrected chi connectivity index (χ2v) is 7.53. The first-order chi connectivity index (χ1) is 16.3. The van der Waals surface area contributed by atoms with Crippen molar-refractivity contribution >= 4 is 46.4 Å². The van der Waals surface area contributed by atoms with Crippen LogP contribution >= 0.6 is 12.6 Å². The molecule has 10 nitrogen and oxygen atoms in total. The molecule has 11 heteroatoms. The molecule has 0 radical (unpaired) electrons. The van der Waals surface area contributed by atoms with E-state index in [0.717, 1.165) is 0 Å². The average molecular weight is 484 g/mol. The SMILES string of the molecule is CCN(CC)CC(=O)NC(=O)Nc1ccc(Oc2ccnc3cc(C(=O)S)c(OC)cc23)cn1. The number of rotatable bonds is 9. The fourth-order valence-electron chi connectivity index (χ4n) is 3.18. The zero-order valence-electron chi connectivity index (χ0n) is 19.0. The molecule has 2 heterocycles. The number of fused-ring (bicyclic) bond motifs is 1. The highest BCUT2D eigenvalue weighted by atomic mass is 32.1. The zero-order valence-corrected chi connectivity index (χ0v) is 19.9. The quantitative estimate of drug-likeness (QED) is 0.395. The van der Waals surface area contributed by atoms with Crippen molar-refractivity contribution in [1.29, 1.82) is 0 Å². The summed E-state index contributed by atoms with van der Waals surface area (Å²) in [6.07, 6.45) is 2.99. The number of amides is 3. The van der Waals surface area contributed by atoms with E-state index in [0.29, 0.717) is 46.8 Å². The average Bonchev–Trinajstić information content (AvgIpc) is 2.82. The van der Waals surface area contributed by atoms with Crippen LogP contribution in [0.15, 0.2) is 42.7 Å². The summed E-state index contributed by atoms with van der Waals surface area (Å²) < 4.78 is 11.2. The lowest BCUT2D eigenvalue weighted by Gasteiger charge is -2.16. The molecule has 0 saturated carbocycles. The first kappa shape index (κ1) is 24.9. The summed E-state index contributed by atoms with van der Waals surface area (Å²) >= 11 is 3.88. The minimum atomic E-state index is -0.667. The number of anilines is 1. The van der Waals surface area contributed by atoms with Crippen LogP contribution in [0.4, 0.5) is 10.6 Å². The highest BCUT2D eigenvalue weighted by Gasteiger charge is 2.15. The number of methoxy groups -OCH3 is 1. The molecule has 0 unspecified atom stereocenters. The van der Waals surface area contributed by atoms with Gasteiger partial charge in [0.1, 0.15) is 23.1 Å². The maximum absolute atomic E-state index is 12.1.